The van der Waals surface area contributed by atoms with E-state index in [0.717, 1.165) is 28.1 Å². The third-order valence-corrected chi connectivity index (χ3v) is 30.2. The molecule has 0 saturated carbocycles. The minimum Gasteiger partial charge on any atom is -0.497 e. The van der Waals surface area contributed by atoms with E-state index in [1.165, 1.54) is 0 Å². The van der Waals surface area contributed by atoms with E-state index in [2.05, 4.69) is 122 Å². The lowest BCUT2D eigenvalue weighted by Gasteiger charge is -2.46. The smallest absolute Gasteiger partial charge is 0.195 e. The standard InChI is InChI=1S/C61H99NO9Si3/c1-43(41-63)57(67-42-46-33-35-49(66-13)36-34-46)45(3)54(71-74(18,19)61(10,11)12)40-51(70-73(16,17)60(7,8)9)39-50(69-72(14,15)59(4,5)6)31-26-32-52(64)44(2)53(65)37-38-55-62-56(47-27-22-20-23-28-47)58(68-55)48-29-24-21-25-30-48/h20-31,33-36,43-45,50-54,57,63-65H,32,37-42H2,1-19H3/b31-26+/t43-,44-,45-,50+,51-,52-,53+,54+,57+/m0/s1. The summed E-state index contributed by atoms with van der Waals surface area (Å²) < 4.78 is 41.0. The Morgan fingerprint density at radius 2 is 1.18 bits per heavy atom. The average Bonchev–Trinajstić information content (AvgIpc) is 3.76. The lowest BCUT2D eigenvalue weighted by Crippen LogP contribution is -2.51. The summed E-state index contributed by atoms with van der Waals surface area (Å²) in [5, 5.41) is 33.8. The lowest BCUT2D eigenvalue weighted by molar-refractivity contribution is -0.0792. The van der Waals surface area contributed by atoms with Crippen LogP contribution in [0.25, 0.3) is 22.6 Å². The van der Waals surface area contributed by atoms with Crippen LogP contribution in [0.3, 0.4) is 0 Å². The number of rotatable bonds is 28. The molecule has 0 aliphatic heterocycles. The SMILES string of the molecule is COc1ccc(CO[C@@H]([C@@H](C)[C@@H](C[C@H](C[C@@H](/C=C/C[C@H](O)[C@H](C)[C@H](O)CCc2nc(-c3ccccc3)c(-c3ccccc3)o2)O[Si](C)(C)C(C)(C)C)O[Si](C)(C)C(C)(C)C)O[Si](C)(C)C(C)(C)C)[C@@H](C)CO)cc1. The van der Waals surface area contributed by atoms with Gasteiger partial charge in [-0.15, -0.1) is 0 Å². The Labute approximate surface area is 451 Å². The Hall–Kier alpha value is -3.22. The number of aliphatic hydroxyl groups is 3. The molecule has 0 unspecified atom stereocenters. The highest BCUT2D eigenvalue weighted by Gasteiger charge is 2.46. The van der Waals surface area contributed by atoms with Gasteiger partial charge in [0, 0.05) is 48.3 Å². The molecule has 10 nitrogen and oxygen atoms in total. The predicted octanol–water partition coefficient (Wildman–Crippen LogP) is 15.1. The van der Waals surface area contributed by atoms with Crippen molar-refractivity contribution in [2.45, 2.75) is 213 Å². The Bertz CT molecular complexity index is 2220. The highest BCUT2D eigenvalue weighted by molar-refractivity contribution is 6.75. The first kappa shape index (κ1) is 63.3. The molecule has 4 rings (SSSR count). The normalized spacial score (nSPS) is 17.1. The van der Waals surface area contributed by atoms with Crippen LogP contribution in [0, 0.1) is 17.8 Å². The first-order valence-corrected chi connectivity index (χ1v) is 36.1. The van der Waals surface area contributed by atoms with Gasteiger partial charge in [-0.05, 0) is 91.4 Å². The molecule has 3 N–H and O–H groups in total. The minimum atomic E-state index is -2.37. The Morgan fingerprint density at radius 3 is 1.70 bits per heavy atom. The maximum absolute atomic E-state index is 11.7. The number of oxazole rings is 1. The Morgan fingerprint density at radius 1 is 0.649 bits per heavy atom. The summed E-state index contributed by atoms with van der Waals surface area (Å²) in [5.74, 6) is 1.37. The van der Waals surface area contributed by atoms with Gasteiger partial charge in [0.05, 0.1) is 50.3 Å². The van der Waals surface area contributed by atoms with E-state index in [1.807, 2.05) is 97.9 Å². The summed E-state index contributed by atoms with van der Waals surface area (Å²) in [6, 6.07) is 27.9. The second kappa shape index (κ2) is 26.9. The van der Waals surface area contributed by atoms with Crippen molar-refractivity contribution in [3.63, 3.8) is 0 Å². The van der Waals surface area contributed by atoms with Crippen LogP contribution in [0.5, 0.6) is 5.75 Å². The topological polar surface area (TPSA) is 133 Å². The number of benzene rings is 3. The number of aliphatic hydroxyl groups excluding tert-OH is 3. The third-order valence-electron chi connectivity index (χ3n) is 16.7. The maximum Gasteiger partial charge on any atom is 0.195 e. The van der Waals surface area contributed by atoms with Gasteiger partial charge < -0.3 is 42.5 Å². The molecule has 0 aliphatic carbocycles. The summed E-state index contributed by atoms with van der Waals surface area (Å²) in [7, 11) is -5.41. The second-order valence-corrected chi connectivity index (χ2v) is 39.9. The Kier molecular flexibility index (Phi) is 23.0. The molecule has 0 fully saturated rings. The van der Waals surface area contributed by atoms with Crippen molar-refractivity contribution in [3.8, 4) is 28.3 Å². The third kappa shape index (κ3) is 17.9. The highest BCUT2D eigenvalue weighted by atomic mass is 28.4. The van der Waals surface area contributed by atoms with Gasteiger partial charge in [-0.25, -0.2) is 4.98 Å². The summed E-state index contributed by atoms with van der Waals surface area (Å²) >= 11 is 0. The lowest BCUT2D eigenvalue weighted by atomic mass is 9.86. The van der Waals surface area contributed by atoms with Crippen molar-refractivity contribution < 1.29 is 42.5 Å². The van der Waals surface area contributed by atoms with Crippen LogP contribution in [0.1, 0.15) is 120 Å². The van der Waals surface area contributed by atoms with E-state index in [1.54, 1.807) is 7.11 Å². The maximum atomic E-state index is 11.7. The molecule has 414 valence electrons. The average molecular weight is 1070 g/mol. The molecular weight excluding hydrogens is 975 g/mol. The molecule has 74 heavy (non-hydrogen) atoms. The number of methoxy groups -OCH3 is 1. The van der Waals surface area contributed by atoms with Crippen LogP contribution < -0.4 is 4.74 Å². The van der Waals surface area contributed by atoms with Gasteiger partial charge >= 0.3 is 0 Å². The number of ether oxygens (including phenoxy) is 2. The van der Waals surface area contributed by atoms with E-state index in [0.29, 0.717) is 50.4 Å². The van der Waals surface area contributed by atoms with E-state index in [-0.39, 0.29) is 58.0 Å². The summed E-state index contributed by atoms with van der Waals surface area (Å²) in [5.41, 5.74) is 3.71. The van der Waals surface area contributed by atoms with Crippen LogP contribution in [-0.2, 0) is 31.0 Å². The van der Waals surface area contributed by atoms with Crippen molar-refractivity contribution in [1.29, 1.82) is 0 Å². The molecule has 0 bridgehead atoms. The first-order valence-electron chi connectivity index (χ1n) is 27.3. The van der Waals surface area contributed by atoms with E-state index in [9.17, 15) is 15.3 Å². The molecule has 13 heteroatoms. The summed E-state index contributed by atoms with van der Waals surface area (Å²) in [6.45, 7) is 40.9. The molecule has 0 saturated heterocycles. The number of aryl methyl sites for hydroxylation is 1. The van der Waals surface area contributed by atoms with Crippen molar-refractivity contribution >= 4 is 25.0 Å². The van der Waals surface area contributed by atoms with Crippen LogP contribution in [0.15, 0.2) is 101 Å². The minimum absolute atomic E-state index is 0.0184. The van der Waals surface area contributed by atoms with Gasteiger partial charge in [0.2, 0.25) is 0 Å². The monoisotopic (exact) mass is 1070 g/mol. The predicted molar refractivity (Wildman–Crippen MR) is 313 cm³/mol. The molecule has 0 aliphatic rings. The van der Waals surface area contributed by atoms with Gasteiger partial charge in [0.25, 0.3) is 0 Å². The fourth-order valence-corrected chi connectivity index (χ4v) is 12.5. The largest absolute Gasteiger partial charge is 0.497 e. The summed E-state index contributed by atoms with van der Waals surface area (Å²) in [6.07, 6.45) is 3.82. The Balaban J connectivity index is 1.64. The van der Waals surface area contributed by atoms with Crippen LogP contribution >= 0.6 is 0 Å². The van der Waals surface area contributed by atoms with Gasteiger partial charge in [-0.1, -0.05) is 168 Å². The summed E-state index contributed by atoms with van der Waals surface area (Å²) in [4.78, 5) is 4.91. The first-order chi connectivity index (χ1) is 34.3. The number of aromatic nitrogens is 1. The van der Waals surface area contributed by atoms with Crippen molar-refractivity contribution in [2.75, 3.05) is 13.7 Å². The molecule has 9 atom stereocenters. The van der Waals surface area contributed by atoms with Crippen molar-refractivity contribution in [1.82, 2.24) is 4.98 Å². The van der Waals surface area contributed by atoms with Crippen molar-refractivity contribution in [3.05, 3.63) is 109 Å². The molecule has 0 radical (unpaired) electrons. The van der Waals surface area contributed by atoms with Gasteiger partial charge in [0.1, 0.15) is 11.4 Å². The number of hydrogen-bond acceptors (Lipinski definition) is 10. The fraction of sp³-hybridized carbons (Fsp3) is 0.623. The number of nitrogens with zero attached hydrogens (tertiary/aromatic N) is 1. The molecule has 3 aromatic carbocycles. The van der Waals surface area contributed by atoms with Crippen LogP contribution in [0.4, 0.5) is 0 Å². The molecule has 0 amide bonds. The van der Waals surface area contributed by atoms with E-state index < -0.39 is 43.1 Å². The van der Waals surface area contributed by atoms with Crippen LogP contribution in [-0.4, -0.2) is 95.6 Å². The van der Waals surface area contributed by atoms with Crippen molar-refractivity contribution in [2.24, 2.45) is 17.8 Å². The molecule has 0 spiro atoms. The molecule has 4 aromatic rings. The fourth-order valence-electron chi connectivity index (χ4n) is 8.44. The second-order valence-electron chi connectivity index (χ2n) is 25.7. The van der Waals surface area contributed by atoms with Gasteiger partial charge in [-0.2, -0.15) is 0 Å². The van der Waals surface area contributed by atoms with E-state index >= 15 is 0 Å². The van der Waals surface area contributed by atoms with E-state index in [4.69, 9.17) is 32.2 Å². The highest BCUT2D eigenvalue weighted by Crippen LogP contribution is 2.44. The van der Waals surface area contributed by atoms with Crippen LogP contribution in [0.2, 0.25) is 54.4 Å². The van der Waals surface area contributed by atoms with Gasteiger partial charge in [-0.3, -0.25) is 0 Å². The molecule has 1 aromatic heterocycles. The zero-order chi connectivity index (χ0) is 55.5. The zero-order valence-corrected chi connectivity index (χ0v) is 52.1. The zero-order valence-electron chi connectivity index (χ0n) is 49.1. The van der Waals surface area contributed by atoms with Gasteiger partial charge in [0.15, 0.2) is 36.6 Å². The quantitative estimate of drug-likeness (QED) is 0.0373. The number of hydrogen-bond donors (Lipinski definition) is 3. The molecule has 1 heterocycles. The molecular formula is C61H99NO9Si3.